The highest BCUT2D eigenvalue weighted by Crippen LogP contribution is 2.41. The van der Waals surface area contributed by atoms with Crippen molar-refractivity contribution in [2.75, 3.05) is 44.0 Å². The molecule has 1 aromatic carbocycles. The molecule has 8 heteroatoms. The summed E-state index contributed by atoms with van der Waals surface area (Å²) in [4.78, 5) is 15.1. The molecule has 0 unspecified atom stereocenters. The highest BCUT2D eigenvalue weighted by molar-refractivity contribution is 7.19. The maximum absolute atomic E-state index is 5.55. The number of ether oxygens (including phenoxy) is 2. The van der Waals surface area contributed by atoms with Gasteiger partial charge in [-0.3, -0.25) is 4.90 Å². The summed E-state index contributed by atoms with van der Waals surface area (Å²) in [5.74, 6) is 2.46. The average Bonchev–Trinajstić information content (AvgIpc) is 3.46. The van der Waals surface area contributed by atoms with E-state index in [2.05, 4.69) is 15.5 Å². The first-order valence-electron chi connectivity index (χ1n) is 12.6. The van der Waals surface area contributed by atoms with E-state index < -0.39 is 0 Å². The Labute approximate surface area is 204 Å². The van der Waals surface area contributed by atoms with Gasteiger partial charge in [-0.1, -0.05) is 6.07 Å². The number of hydrogen-bond acceptors (Lipinski definition) is 8. The summed E-state index contributed by atoms with van der Waals surface area (Å²) >= 11 is 1.84. The molecule has 1 saturated carbocycles. The van der Waals surface area contributed by atoms with E-state index in [9.17, 15) is 0 Å². The van der Waals surface area contributed by atoms with E-state index in [1.54, 1.807) is 7.11 Å². The third kappa shape index (κ3) is 4.46. The van der Waals surface area contributed by atoms with Gasteiger partial charge in [0.2, 0.25) is 5.95 Å². The van der Waals surface area contributed by atoms with Gasteiger partial charge in [-0.2, -0.15) is 4.98 Å². The van der Waals surface area contributed by atoms with E-state index in [-0.39, 0.29) is 0 Å². The van der Waals surface area contributed by atoms with Crippen LogP contribution in [0.1, 0.15) is 42.5 Å². The maximum Gasteiger partial charge on any atom is 0.230 e. The Kier molecular flexibility index (Phi) is 6.28. The van der Waals surface area contributed by atoms with E-state index in [0.29, 0.717) is 18.0 Å². The zero-order chi connectivity index (χ0) is 22.9. The van der Waals surface area contributed by atoms with Crippen LogP contribution in [-0.4, -0.2) is 60.4 Å². The van der Waals surface area contributed by atoms with E-state index in [1.165, 1.54) is 54.4 Å². The summed E-state index contributed by atoms with van der Waals surface area (Å²) in [6.45, 7) is 3.91. The number of aromatic nitrogens is 2. The first-order valence-corrected chi connectivity index (χ1v) is 13.4. The SMILES string of the molecule is COc1cccc(Nc2nc(NC3CCC(N4CCOCC4)CC3)c3c4c(sc3n2)CCC4)c1. The third-order valence-electron chi connectivity index (χ3n) is 7.49. The molecule has 2 N–H and O–H groups in total. The van der Waals surface area contributed by atoms with Crippen LogP contribution < -0.4 is 15.4 Å². The standard InChI is InChI=1S/C26H33N5O2S/c1-32-20-5-2-4-18(16-20)28-26-29-24(23-21-6-3-7-22(21)34-25(23)30-26)27-17-8-10-19(11-9-17)31-12-14-33-15-13-31/h2,4-5,16-17,19H,3,6-15H2,1H3,(H2,27,28,29,30). The summed E-state index contributed by atoms with van der Waals surface area (Å²) in [6.07, 6.45) is 8.38. The number of aryl methyl sites for hydroxylation is 2. The number of fused-ring (bicyclic) bond motifs is 3. The fourth-order valence-corrected chi connectivity index (χ4v) is 6.97. The molecule has 0 radical (unpaired) electrons. The fourth-order valence-electron chi connectivity index (χ4n) is 5.71. The number of hydrogen-bond donors (Lipinski definition) is 2. The highest BCUT2D eigenvalue weighted by atomic mass is 32.1. The van der Waals surface area contributed by atoms with Crippen LogP contribution in [0.25, 0.3) is 10.2 Å². The molecular formula is C26H33N5O2S. The smallest absolute Gasteiger partial charge is 0.230 e. The molecule has 1 aliphatic heterocycles. The normalized spacial score (nSPS) is 23.1. The van der Waals surface area contributed by atoms with Crippen molar-refractivity contribution in [3.63, 3.8) is 0 Å². The number of rotatable bonds is 6. The van der Waals surface area contributed by atoms with E-state index in [0.717, 1.165) is 54.8 Å². The minimum Gasteiger partial charge on any atom is -0.497 e. The van der Waals surface area contributed by atoms with Gasteiger partial charge >= 0.3 is 0 Å². The van der Waals surface area contributed by atoms with Crippen LogP contribution >= 0.6 is 11.3 Å². The molecule has 0 spiro atoms. The molecule has 0 atom stereocenters. The Bertz CT molecular complexity index is 1150. The van der Waals surface area contributed by atoms with Gasteiger partial charge in [-0.15, -0.1) is 11.3 Å². The van der Waals surface area contributed by atoms with Gasteiger partial charge in [-0.25, -0.2) is 4.98 Å². The van der Waals surface area contributed by atoms with Crippen molar-refractivity contribution in [1.82, 2.24) is 14.9 Å². The van der Waals surface area contributed by atoms with Gasteiger partial charge in [0.1, 0.15) is 16.4 Å². The average molecular weight is 480 g/mol. The van der Waals surface area contributed by atoms with Crippen molar-refractivity contribution in [3.8, 4) is 5.75 Å². The fraction of sp³-hybridized carbons (Fsp3) is 0.538. The van der Waals surface area contributed by atoms with Crippen molar-refractivity contribution in [2.24, 2.45) is 0 Å². The minimum atomic E-state index is 0.456. The molecule has 2 aliphatic carbocycles. The predicted octanol–water partition coefficient (Wildman–Crippen LogP) is 4.99. The topological polar surface area (TPSA) is 71.5 Å². The molecule has 3 aromatic rings. The molecule has 3 heterocycles. The molecule has 0 amide bonds. The number of benzene rings is 1. The Morgan fingerprint density at radius 2 is 1.94 bits per heavy atom. The number of methoxy groups -OCH3 is 1. The van der Waals surface area contributed by atoms with Crippen molar-refractivity contribution in [3.05, 3.63) is 34.7 Å². The summed E-state index contributed by atoms with van der Waals surface area (Å²) < 4.78 is 10.9. The minimum absolute atomic E-state index is 0.456. The molecule has 2 aromatic heterocycles. The lowest BCUT2D eigenvalue weighted by Gasteiger charge is -2.39. The second kappa shape index (κ2) is 9.68. The van der Waals surface area contributed by atoms with Crippen molar-refractivity contribution < 1.29 is 9.47 Å². The molecule has 1 saturated heterocycles. The largest absolute Gasteiger partial charge is 0.497 e. The molecule has 2 fully saturated rings. The lowest BCUT2D eigenvalue weighted by Crippen LogP contribution is -2.46. The predicted molar refractivity (Wildman–Crippen MR) is 138 cm³/mol. The Morgan fingerprint density at radius 1 is 1.09 bits per heavy atom. The zero-order valence-corrected chi connectivity index (χ0v) is 20.6. The number of thiophene rings is 1. The number of morpholine rings is 1. The number of nitrogens with zero attached hydrogens (tertiary/aromatic N) is 3. The van der Waals surface area contributed by atoms with Crippen LogP contribution in [0.2, 0.25) is 0 Å². The molecule has 34 heavy (non-hydrogen) atoms. The molecular weight excluding hydrogens is 446 g/mol. The van der Waals surface area contributed by atoms with Gasteiger partial charge in [-0.05, 0) is 62.6 Å². The summed E-state index contributed by atoms with van der Waals surface area (Å²) in [6, 6.07) is 9.07. The van der Waals surface area contributed by atoms with Crippen LogP contribution in [0.15, 0.2) is 24.3 Å². The van der Waals surface area contributed by atoms with E-state index in [4.69, 9.17) is 19.4 Å². The second-order valence-electron chi connectivity index (χ2n) is 9.59. The summed E-state index contributed by atoms with van der Waals surface area (Å²) in [5, 5.41) is 8.52. The Balaban J connectivity index is 1.24. The summed E-state index contributed by atoms with van der Waals surface area (Å²) in [5.41, 5.74) is 2.40. The molecule has 180 valence electrons. The van der Waals surface area contributed by atoms with Gasteiger partial charge in [0.05, 0.1) is 25.7 Å². The number of anilines is 3. The van der Waals surface area contributed by atoms with Crippen LogP contribution in [0, 0.1) is 0 Å². The highest BCUT2D eigenvalue weighted by Gasteiger charge is 2.29. The molecule has 7 nitrogen and oxygen atoms in total. The molecule has 0 bridgehead atoms. The second-order valence-corrected chi connectivity index (χ2v) is 10.7. The van der Waals surface area contributed by atoms with Crippen LogP contribution in [-0.2, 0) is 17.6 Å². The quantitative estimate of drug-likeness (QED) is 0.516. The summed E-state index contributed by atoms with van der Waals surface area (Å²) in [7, 11) is 1.69. The van der Waals surface area contributed by atoms with Gasteiger partial charge in [0.15, 0.2) is 0 Å². The molecule has 3 aliphatic rings. The number of nitrogens with one attached hydrogen (secondary N) is 2. The first-order chi connectivity index (χ1) is 16.8. The van der Waals surface area contributed by atoms with Crippen molar-refractivity contribution in [2.45, 2.75) is 57.0 Å². The lowest BCUT2D eigenvalue weighted by atomic mass is 9.90. The third-order valence-corrected chi connectivity index (χ3v) is 8.68. The lowest BCUT2D eigenvalue weighted by molar-refractivity contribution is 0.00791. The van der Waals surface area contributed by atoms with Gasteiger partial charge in [0, 0.05) is 41.8 Å². The Hall–Kier alpha value is -2.42. The Morgan fingerprint density at radius 3 is 2.76 bits per heavy atom. The van der Waals surface area contributed by atoms with Crippen molar-refractivity contribution >= 4 is 39.0 Å². The monoisotopic (exact) mass is 479 g/mol. The van der Waals surface area contributed by atoms with E-state index >= 15 is 0 Å². The van der Waals surface area contributed by atoms with Gasteiger partial charge < -0.3 is 20.1 Å². The van der Waals surface area contributed by atoms with Crippen LogP contribution in [0.5, 0.6) is 5.75 Å². The molecule has 6 rings (SSSR count). The van der Waals surface area contributed by atoms with Crippen LogP contribution in [0.3, 0.4) is 0 Å². The zero-order valence-electron chi connectivity index (χ0n) is 19.8. The van der Waals surface area contributed by atoms with Gasteiger partial charge in [0.25, 0.3) is 0 Å². The van der Waals surface area contributed by atoms with E-state index in [1.807, 2.05) is 35.6 Å². The first kappa shape index (κ1) is 22.1. The van der Waals surface area contributed by atoms with Crippen molar-refractivity contribution in [1.29, 1.82) is 0 Å². The van der Waals surface area contributed by atoms with Crippen LogP contribution in [0.4, 0.5) is 17.5 Å². The maximum atomic E-state index is 5.55.